The van der Waals surface area contributed by atoms with Gasteiger partial charge >= 0.3 is 0 Å². The minimum atomic E-state index is -0.853. The molecule has 2 N–H and O–H groups in total. The van der Waals surface area contributed by atoms with E-state index < -0.39 is 6.35 Å². The van der Waals surface area contributed by atoms with Crippen molar-refractivity contribution >= 4 is 6.21 Å². The van der Waals surface area contributed by atoms with Crippen molar-refractivity contribution in [2.24, 2.45) is 4.99 Å². The molecule has 0 saturated carbocycles. The number of hydrogen-bond donors (Lipinski definition) is 2. The van der Waals surface area contributed by atoms with Crippen LogP contribution in [-0.4, -0.2) is 17.7 Å². The lowest BCUT2D eigenvalue weighted by Crippen LogP contribution is -2.25. The highest BCUT2D eigenvalue weighted by Gasteiger charge is 2.04. The van der Waals surface area contributed by atoms with Crippen LogP contribution in [0.25, 0.3) is 0 Å². The molecule has 0 fully saturated rings. The summed E-state index contributed by atoms with van der Waals surface area (Å²) < 4.78 is 5.46. The fourth-order valence-electron chi connectivity index (χ4n) is 1.20. The molecule has 4 nitrogen and oxygen atoms in total. The second-order valence-electron chi connectivity index (χ2n) is 3.14. The number of hydrogen-bond acceptors (Lipinski definition) is 4. The number of aliphatic hydroxyl groups is 1. The Morgan fingerprint density at radius 2 is 2.13 bits per heavy atom. The van der Waals surface area contributed by atoms with E-state index in [4.69, 9.17) is 9.84 Å². The maximum atomic E-state index is 9.00. The molecule has 1 aliphatic rings. The maximum Gasteiger partial charge on any atom is 0.222 e. The second-order valence-corrected chi connectivity index (χ2v) is 3.14. The zero-order valence-electron chi connectivity index (χ0n) is 8.13. The molecule has 1 atom stereocenters. The van der Waals surface area contributed by atoms with E-state index in [0.717, 1.165) is 5.56 Å². The van der Waals surface area contributed by atoms with Crippen molar-refractivity contribution < 1.29 is 9.84 Å². The average Bonchev–Trinajstić information content (AvgIpc) is 2.30. The topological polar surface area (TPSA) is 53.9 Å². The number of aliphatic hydroxyl groups excluding tert-OH is 1. The summed E-state index contributed by atoms with van der Waals surface area (Å²) in [5.74, 6) is 0.615. The van der Waals surface area contributed by atoms with Gasteiger partial charge in [0.05, 0.1) is 6.21 Å². The van der Waals surface area contributed by atoms with Gasteiger partial charge in [-0.15, -0.1) is 0 Å². The third kappa shape index (κ3) is 2.82. The first kappa shape index (κ1) is 9.73. The largest absolute Gasteiger partial charge is 0.486 e. The van der Waals surface area contributed by atoms with Crippen molar-refractivity contribution in [1.29, 1.82) is 0 Å². The maximum absolute atomic E-state index is 9.00. The Hall–Kier alpha value is -1.81. The molecule has 1 aliphatic heterocycles. The molecule has 2 rings (SSSR count). The molecule has 0 spiro atoms. The summed E-state index contributed by atoms with van der Waals surface area (Å²) in [5, 5.41) is 11.6. The Morgan fingerprint density at radius 1 is 1.33 bits per heavy atom. The van der Waals surface area contributed by atoms with Crippen LogP contribution in [0.15, 0.2) is 47.3 Å². The minimum absolute atomic E-state index is 0.496. The highest BCUT2D eigenvalue weighted by atomic mass is 16.5. The monoisotopic (exact) mass is 204 g/mol. The van der Waals surface area contributed by atoms with E-state index in [1.165, 1.54) is 6.21 Å². The van der Waals surface area contributed by atoms with Crippen LogP contribution in [0.4, 0.5) is 0 Å². The van der Waals surface area contributed by atoms with Crippen LogP contribution in [0, 0.1) is 0 Å². The highest BCUT2D eigenvalue weighted by Crippen LogP contribution is 2.05. The molecule has 0 amide bonds. The number of allylic oxidation sites excluding steroid dienone is 1. The van der Waals surface area contributed by atoms with Gasteiger partial charge in [0.1, 0.15) is 6.61 Å². The molecule has 0 radical (unpaired) electrons. The third-order valence-electron chi connectivity index (χ3n) is 1.97. The Morgan fingerprint density at radius 3 is 2.80 bits per heavy atom. The number of nitrogens with one attached hydrogen (secondary N) is 1. The molecule has 4 heteroatoms. The summed E-state index contributed by atoms with van der Waals surface area (Å²) in [6, 6.07) is 9.86. The van der Waals surface area contributed by atoms with Crippen LogP contribution in [0.2, 0.25) is 0 Å². The van der Waals surface area contributed by atoms with Crippen molar-refractivity contribution in [2.45, 2.75) is 13.0 Å². The molecule has 1 unspecified atom stereocenters. The molecule has 0 aromatic heterocycles. The molecule has 1 aromatic rings. The molecular weight excluding hydrogens is 192 g/mol. The number of benzene rings is 1. The predicted molar refractivity (Wildman–Crippen MR) is 56.9 cm³/mol. The number of rotatable bonds is 3. The fourth-order valence-corrected chi connectivity index (χ4v) is 1.20. The summed E-state index contributed by atoms with van der Waals surface area (Å²) in [4.78, 5) is 3.75. The van der Waals surface area contributed by atoms with Crippen molar-refractivity contribution in [3.05, 3.63) is 47.9 Å². The van der Waals surface area contributed by atoms with Crippen molar-refractivity contribution in [3.8, 4) is 0 Å². The van der Waals surface area contributed by atoms with Gasteiger partial charge in [0.15, 0.2) is 5.76 Å². The highest BCUT2D eigenvalue weighted by molar-refractivity contribution is 5.76. The van der Waals surface area contributed by atoms with Gasteiger partial charge in [0.2, 0.25) is 6.35 Å². The molecule has 1 aromatic carbocycles. The third-order valence-corrected chi connectivity index (χ3v) is 1.97. The van der Waals surface area contributed by atoms with E-state index in [9.17, 15) is 0 Å². The normalized spacial score (nSPS) is 19.3. The SMILES string of the molecule is OC1N=CC(OCc2ccccc2)=CN1. The van der Waals surface area contributed by atoms with Crippen LogP contribution >= 0.6 is 0 Å². The van der Waals surface area contributed by atoms with Crippen LogP contribution < -0.4 is 5.32 Å². The zero-order valence-corrected chi connectivity index (χ0v) is 8.13. The number of nitrogens with zero attached hydrogens (tertiary/aromatic N) is 1. The van der Waals surface area contributed by atoms with Gasteiger partial charge in [-0.25, -0.2) is 4.99 Å². The van der Waals surface area contributed by atoms with Gasteiger partial charge < -0.3 is 15.2 Å². The first-order valence-corrected chi connectivity index (χ1v) is 4.69. The van der Waals surface area contributed by atoms with E-state index >= 15 is 0 Å². The molecule has 0 aliphatic carbocycles. The molecule has 1 heterocycles. The Kier molecular flexibility index (Phi) is 2.99. The quantitative estimate of drug-likeness (QED) is 0.772. The first-order valence-electron chi connectivity index (χ1n) is 4.69. The van der Waals surface area contributed by atoms with Gasteiger partial charge in [-0.3, -0.25) is 0 Å². The average molecular weight is 204 g/mol. The first-order chi connectivity index (χ1) is 7.34. The summed E-state index contributed by atoms with van der Waals surface area (Å²) in [6.07, 6.45) is 2.25. The Labute approximate surface area is 87.9 Å². The van der Waals surface area contributed by atoms with Crippen molar-refractivity contribution in [3.63, 3.8) is 0 Å². The Balaban J connectivity index is 1.87. The van der Waals surface area contributed by atoms with Crippen LogP contribution in [0.3, 0.4) is 0 Å². The van der Waals surface area contributed by atoms with Crippen molar-refractivity contribution in [1.82, 2.24) is 5.32 Å². The van der Waals surface area contributed by atoms with E-state index in [0.29, 0.717) is 12.4 Å². The summed E-state index contributed by atoms with van der Waals surface area (Å²) >= 11 is 0. The van der Waals surface area contributed by atoms with Gasteiger partial charge in [-0.1, -0.05) is 30.3 Å². The van der Waals surface area contributed by atoms with E-state index in [1.54, 1.807) is 6.20 Å². The van der Waals surface area contributed by atoms with E-state index in [1.807, 2.05) is 30.3 Å². The number of ether oxygens (including phenoxy) is 1. The van der Waals surface area contributed by atoms with Crippen molar-refractivity contribution in [2.75, 3.05) is 0 Å². The predicted octanol–water partition coefficient (Wildman–Crippen LogP) is 0.994. The summed E-state index contributed by atoms with van der Waals surface area (Å²) in [6.45, 7) is 0.496. The van der Waals surface area contributed by atoms with Gasteiger partial charge in [0, 0.05) is 6.20 Å². The second kappa shape index (κ2) is 4.61. The van der Waals surface area contributed by atoms with E-state index in [2.05, 4.69) is 10.3 Å². The lowest BCUT2D eigenvalue weighted by Gasteiger charge is -2.13. The van der Waals surface area contributed by atoms with Crippen LogP contribution in [0.5, 0.6) is 0 Å². The standard InChI is InChI=1S/C11H12N2O2/c14-11-12-6-10(7-13-11)15-8-9-4-2-1-3-5-9/h1-7,11-12,14H,8H2. The van der Waals surface area contributed by atoms with Crippen LogP contribution in [-0.2, 0) is 11.3 Å². The Bertz CT molecular complexity index is 373. The molecule has 78 valence electrons. The number of aliphatic imine (C=N–C) groups is 1. The lowest BCUT2D eigenvalue weighted by atomic mass is 10.2. The summed E-state index contributed by atoms with van der Waals surface area (Å²) in [7, 11) is 0. The summed E-state index contributed by atoms with van der Waals surface area (Å²) in [5.41, 5.74) is 1.10. The molecular formula is C11H12N2O2. The fraction of sp³-hybridized carbons (Fsp3) is 0.182. The molecule has 0 bridgehead atoms. The van der Waals surface area contributed by atoms with Gasteiger partial charge in [0.25, 0.3) is 0 Å². The van der Waals surface area contributed by atoms with Gasteiger partial charge in [-0.05, 0) is 5.56 Å². The minimum Gasteiger partial charge on any atom is -0.486 e. The molecule has 15 heavy (non-hydrogen) atoms. The van der Waals surface area contributed by atoms with Crippen LogP contribution in [0.1, 0.15) is 5.56 Å². The zero-order chi connectivity index (χ0) is 10.5. The smallest absolute Gasteiger partial charge is 0.222 e. The van der Waals surface area contributed by atoms with E-state index in [-0.39, 0.29) is 0 Å². The van der Waals surface area contributed by atoms with Gasteiger partial charge in [-0.2, -0.15) is 0 Å². The molecule has 0 saturated heterocycles. The lowest BCUT2D eigenvalue weighted by molar-refractivity contribution is 0.152.